The second-order valence-electron chi connectivity index (χ2n) is 15.6. The van der Waals surface area contributed by atoms with Gasteiger partial charge in [0.15, 0.2) is 5.78 Å². The first-order chi connectivity index (χ1) is 24.9. The van der Waals surface area contributed by atoms with Crippen molar-refractivity contribution in [2.75, 3.05) is 6.54 Å². The molecule has 12 heteroatoms. The summed E-state index contributed by atoms with van der Waals surface area (Å²) in [4.78, 5) is 80.7. The van der Waals surface area contributed by atoms with E-state index in [1.807, 2.05) is 74.5 Å². The molecule has 12 nitrogen and oxygen atoms in total. The van der Waals surface area contributed by atoms with E-state index in [1.54, 1.807) is 34.6 Å². The van der Waals surface area contributed by atoms with Gasteiger partial charge in [0, 0.05) is 18.8 Å². The van der Waals surface area contributed by atoms with Crippen LogP contribution in [-0.4, -0.2) is 72.1 Å². The predicted octanol–water partition coefficient (Wildman–Crippen LogP) is 3.36. The number of unbranched alkanes of at least 4 members (excludes halogenated alkanes) is 1. The van der Waals surface area contributed by atoms with Crippen LogP contribution in [0, 0.1) is 17.3 Å². The third-order valence-corrected chi connectivity index (χ3v) is 8.80. The lowest BCUT2D eigenvalue weighted by Crippen LogP contribution is -2.60. The lowest BCUT2D eigenvalue weighted by atomic mass is 9.84. The molecule has 0 heterocycles. The number of nitrogens with two attached hydrogens (primary N) is 1. The summed E-state index contributed by atoms with van der Waals surface area (Å²) in [5.41, 5.74) is 6.54. The Morgan fingerprint density at radius 2 is 1.08 bits per heavy atom. The summed E-state index contributed by atoms with van der Waals surface area (Å²) in [7, 11) is 0. The summed E-state index contributed by atoms with van der Waals surface area (Å²) < 4.78 is 0. The molecule has 0 unspecified atom stereocenters. The zero-order chi connectivity index (χ0) is 39.7. The predicted molar refractivity (Wildman–Crippen MR) is 207 cm³/mol. The summed E-state index contributed by atoms with van der Waals surface area (Å²) in [6.45, 7) is 14.5. The van der Waals surface area contributed by atoms with Crippen molar-refractivity contribution in [3.8, 4) is 0 Å². The van der Waals surface area contributed by atoms with Gasteiger partial charge in [-0.2, -0.15) is 0 Å². The molecule has 0 radical (unpaired) electrons. The van der Waals surface area contributed by atoms with Gasteiger partial charge in [-0.15, -0.1) is 0 Å². The van der Waals surface area contributed by atoms with Gasteiger partial charge in [-0.3, -0.25) is 28.8 Å². The lowest BCUT2D eigenvalue weighted by Gasteiger charge is -2.30. The van der Waals surface area contributed by atoms with Crippen LogP contribution >= 0.6 is 0 Å². The van der Waals surface area contributed by atoms with E-state index in [0.717, 1.165) is 11.1 Å². The molecule has 0 aliphatic carbocycles. The van der Waals surface area contributed by atoms with Crippen molar-refractivity contribution in [1.82, 2.24) is 26.6 Å². The summed E-state index contributed by atoms with van der Waals surface area (Å²) in [5, 5.41) is 14.1. The fraction of sp³-hybridized carbons (Fsp3) is 0.561. The number of carbonyl (C=O) groups excluding carboxylic acids is 6. The average Bonchev–Trinajstić information content (AvgIpc) is 3.08. The lowest BCUT2D eigenvalue weighted by molar-refractivity contribution is -0.136. The summed E-state index contributed by atoms with van der Waals surface area (Å²) >= 11 is 0. The molecule has 5 atom stereocenters. The maximum atomic E-state index is 14.1. The molecule has 0 aliphatic rings. The number of hydrogen-bond donors (Lipinski definition) is 6. The highest BCUT2D eigenvalue weighted by Crippen LogP contribution is 2.20. The van der Waals surface area contributed by atoms with Crippen molar-refractivity contribution in [2.24, 2.45) is 23.0 Å². The maximum Gasteiger partial charge on any atom is 0.243 e. The van der Waals surface area contributed by atoms with Gasteiger partial charge in [0.25, 0.3) is 0 Å². The third kappa shape index (κ3) is 15.9. The van der Waals surface area contributed by atoms with Gasteiger partial charge >= 0.3 is 0 Å². The Labute approximate surface area is 315 Å². The molecular formula is C41H62N6O6. The second-order valence-corrected chi connectivity index (χ2v) is 15.6. The molecule has 0 fully saturated rings. The van der Waals surface area contributed by atoms with Crippen molar-refractivity contribution in [3.63, 3.8) is 0 Å². The number of Topliss-reactive ketones (excluding diaryl/α,β-unsaturated/α-hetero) is 1. The highest BCUT2D eigenvalue weighted by atomic mass is 16.2. The fourth-order valence-electron chi connectivity index (χ4n) is 5.95. The van der Waals surface area contributed by atoms with Crippen LogP contribution in [0.5, 0.6) is 0 Å². The van der Waals surface area contributed by atoms with E-state index >= 15 is 0 Å². The monoisotopic (exact) mass is 734 g/mol. The number of amides is 5. The molecule has 5 amide bonds. The smallest absolute Gasteiger partial charge is 0.243 e. The van der Waals surface area contributed by atoms with Crippen molar-refractivity contribution in [2.45, 2.75) is 124 Å². The quantitative estimate of drug-likeness (QED) is 0.106. The van der Waals surface area contributed by atoms with Gasteiger partial charge in [0.1, 0.15) is 24.2 Å². The number of rotatable bonds is 21. The van der Waals surface area contributed by atoms with Crippen LogP contribution in [0.2, 0.25) is 0 Å². The molecule has 2 aromatic rings. The van der Waals surface area contributed by atoms with Gasteiger partial charge in [-0.05, 0) is 61.6 Å². The normalized spacial score (nSPS) is 14.3. The topological polar surface area (TPSA) is 189 Å². The Bertz CT molecular complexity index is 1490. The minimum atomic E-state index is -1.08. The van der Waals surface area contributed by atoms with Crippen LogP contribution in [0.3, 0.4) is 0 Å². The minimum absolute atomic E-state index is 0.00687. The zero-order valence-electron chi connectivity index (χ0n) is 32.8. The molecule has 0 saturated heterocycles. The molecular weight excluding hydrogens is 672 g/mol. The van der Waals surface area contributed by atoms with Crippen LogP contribution < -0.4 is 32.3 Å². The maximum absolute atomic E-state index is 14.1. The Morgan fingerprint density at radius 3 is 1.55 bits per heavy atom. The van der Waals surface area contributed by atoms with E-state index in [9.17, 15) is 28.8 Å². The van der Waals surface area contributed by atoms with Gasteiger partial charge in [-0.25, -0.2) is 0 Å². The van der Waals surface area contributed by atoms with Crippen LogP contribution in [0.25, 0.3) is 0 Å². The van der Waals surface area contributed by atoms with E-state index in [2.05, 4.69) is 26.6 Å². The summed E-state index contributed by atoms with van der Waals surface area (Å²) in [6.07, 6.45) is 2.34. The molecule has 2 rings (SSSR count). The zero-order valence-corrected chi connectivity index (χ0v) is 32.8. The van der Waals surface area contributed by atoms with E-state index in [1.165, 1.54) is 6.92 Å². The van der Waals surface area contributed by atoms with E-state index in [0.29, 0.717) is 25.8 Å². The molecule has 0 spiro atoms. The molecule has 7 N–H and O–H groups in total. The fourth-order valence-corrected chi connectivity index (χ4v) is 5.95. The van der Waals surface area contributed by atoms with Crippen LogP contribution in [0.4, 0.5) is 0 Å². The van der Waals surface area contributed by atoms with Crippen molar-refractivity contribution < 1.29 is 28.8 Å². The van der Waals surface area contributed by atoms with E-state index in [4.69, 9.17) is 5.73 Å². The van der Waals surface area contributed by atoms with Crippen molar-refractivity contribution in [1.29, 1.82) is 0 Å². The van der Waals surface area contributed by atoms with Crippen molar-refractivity contribution in [3.05, 3.63) is 71.8 Å². The van der Waals surface area contributed by atoms with Gasteiger partial charge in [0.05, 0.1) is 6.04 Å². The van der Waals surface area contributed by atoms with Gasteiger partial charge in [-0.1, -0.05) is 109 Å². The number of ketones is 1. The Kier molecular flexibility index (Phi) is 18.4. The van der Waals surface area contributed by atoms with E-state index < -0.39 is 65.2 Å². The largest absolute Gasteiger partial charge is 0.345 e. The van der Waals surface area contributed by atoms with Crippen LogP contribution in [0.1, 0.15) is 92.2 Å². The Balaban J connectivity index is 2.35. The highest BCUT2D eigenvalue weighted by Gasteiger charge is 2.35. The standard InChI is InChI=1S/C41H62N6O6/c1-26(2)23-33(45-37(50)31(43-28(5)48)21-15-16-22-42)39(52)47-35(27(3)4)40(53)46-34(25-30-19-13-10-14-20-30)38(51)44-32(36(49)41(6,7)8)24-29-17-11-9-12-18-29/h9-14,17-20,26-27,31-35H,15-16,21-25,42H2,1-8H3,(H,43,48)(H,44,51)(H,45,50)(H,46,53)(H,47,52)/t31-,32-,33-,34-,35-/m0/s1. The first-order valence-electron chi connectivity index (χ1n) is 18.7. The number of hydrogen-bond acceptors (Lipinski definition) is 7. The molecule has 0 aromatic heterocycles. The molecule has 292 valence electrons. The van der Waals surface area contributed by atoms with Crippen molar-refractivity contribution >= 4 is 35.3 Å². The van der Waals surface area contributed by atoms with Gasteiger partial charge in [0.2, 0.25) is 29.5 Å². The van der Waals surface area contributed by atoms with Crippen LogP contribution in [0.15, 0.2) is 60.7 Å². The second kappa shape index (κ2) is 21.8. The molecule has 0 saturated carbocycles. The van der Waals surface area contributed by atoms with Crippen LogP contribution in [-0.2, 0) is 41.6 Å². The molecule has 0 bridgehead atoms. The number of nitrogens with one attached hydrogen (secondary N) is 5. The Hall–Kier alpha value is -4.58. The SMILES string of the molecule is CC(=O)N[C@@H](CCCCN)C(=O)N[C@@H](CC(C)C)C(=O)N[C@H](C(=O)N[C@@H](Cc1ccccc1)C(=O)N[C@@H](Cc1ccccc1)C(=O)C(C)(C)C)C(C)C. The summed E-state index contributed by atoms with van der Waals surface area (Å²) in [6, 6.07) is 13.8. The van der Waals surface area contributed by atoms with E-state index in [-0.39, 0.29) is 36.9 Å². The minimum Gasteiger partial charge on any atom is -0.345 e. The molecule has 53 heavy (non-hydrogen) atoms. The third-order valence-electron chi connectivity index (χ3n) is 8.80. The summed E-state index contributed by atoms with van der Waals surface area (Å²) in [5.74, 6) is -3.09. The van der Waals surface area contributed by atoms with Gasteiger partial charge < -0.3 is 32.3 Å². The molecule has 2 aromatic carbocycles. The highest BCUT2D eigenvalue weighted by molar-refractivity contribution is 5.97. The number of benzene rings is 2. The molecule has 0 aliphatic heterocycles. The Morgan fingerprint density at radius 1 is 0.604 bits per heavy atom. The first kappa shape index (κ1) is 44.6. The average molecular weight is 735 g/mol. The number of carbonyl (C=O) groups is 6. The first-order valence-corrected chi connectivity index (χ1v) is 18.7.